The molecule has 1 saturated heterocycles. The van der Waals surface area contributed by atoms with E-state index < -0.39 is 47.0 Å². The van der Waals surface area contributed by atoms with Crippen LogP contribution in [0.25, 0.3) is 0 Å². The third kappa shape index (κ3) is 5.34. The van der Waals surface area contributed by atoms with Crippen LogP contribution in [0.3, 0.4) is 0 Å². The number of alkyl halides is 3. The summed E-state index contributed by atoms with van der Waals surface area (Å²) in [6.07, 6.45) is -4.19. The third-order valence-electron chi connectivity index (χ3n) is 10.2. The van der Waals surface area contributed by atoms with Crippen molar-refractivity contribution in [3.63, 3.8) is 0 Å². The van der Waals surface area contributed by atoms with Gasteiger partial charge in [0.25, 0.3) is 5.91 Å². The Morgan fingerprint density at radius 1 is 1.02 bits per heavy atom. The molecule has 3 aromatic carbocycles. The number of hydrogen-bond acceptors (Lipinski definition) is 7. The van der Waals surface area contributed by atoms with Crippen LogP contribution < -0.4 is 19.8 Å². The zero-order valence-electron chi connectivity index (χ0n) is 25.6. The molecule has 8 rings (SSSR count). The molecule has 1 aromatic heterocycles. The summed E-state index contributed by atoms with van der Waals surface area (Å²) in [6, 6.07) is 17.5. The molecule has 252 valence electrons. The maximum atomic E-state index is 14.1. The number of fused-ring (bicyclic) bond motifs is 9. The molecule has 4 aromatic rings. The predicted molar refractivity (Wildman–Crippen MR) is 182 cm³/mol. The molecule has 0 spiro atoms. The van der Waals surface area contributed by atoms with Gasteiger partial charge >= 0.3 is 11.0 Å². The normalized spacial score (nSPS) is 26.8. The summed E-state index contributed by atoms with van der Waals surface area (Å²) in [4.78, 5) is 57.9. The molecular weight excluding hydrogens is 743 g/mol. The lowest BCUT2D eigenvalue weighted by Gasteiger charge is -2.43. The molecule has 4 aliphatic rings. The molecule has 3 amide bonds. The minimum Gasteiger partial charge on any atom is -0.483 e. The fourth-order valence-corrected chi connectivity index (χ4v) is 11.6. The van der Waals surface area contributed by atoms with Crippen LogP contribution >= 0.6 is 39.0 Å². The topological polar surface area (TPSA) is 109 Å². The zero-order chi connectivity index (χ0) is 34.4. The molecule has 7 atom stereocenters. The zero-order valence-corrected chi connectivity index (χ0v) is 28.8. The molecular formula is C35H27BrF3N3O5S2. The number of ether oxygens (including phenoxy) is 1. The Morgan fingerprint density at radius 2 is 1.73 bits per heavy atom. The maximum Gasteiger partial charge on any atom is 0.418 e. The van der Waals surface area contributed by atoms with Gasteiger partial charge in [-0.2, -0.15) is 13.2 Å². The Morgan fingerprint density at radius 3 is 2.47 bits per heavy atom. The van der Waals surface area contributed by atoms with Crippen molar-refractivity contribution in [3.8, 4) is 5.75 Å². The largest absolute Gasteiger partial charge is 0.483 e. The first-order chi connectivity index (χ1) is 23.4. The molecule has 3 fully saturated rings. The van der Waals surface area contributed by atoms with Crippen LogP contribution in [0.1, 0.15) is 33.9 Å². The number of anilines is 2. The summed E-state index contributed by atoms with van der Waals surface area (Å²) >= 11 is 6.11. The summed E-state index contributed by atoms with van der Waals surface area (Å²) in [6.45, 7) is 1.66. The Balaban J connectivity index is 1.15. The van der Waals surface area contributed by atoms with E-state index in [4.69, 9.17) is 4.74 Å². The minimum atomic E-state index is -4.75. The fourth-order valence-electron chi connectivity index (χ4n) is 8.38. The van der Waals surface area contributed by atoms with Gasteiger partial charge in [-0.1, -0.05) is 57.1 Å². The number of aromatic nitrogens is 1. The molecule has 14 heteroatoms. The second-order valence-electron chi connectivity index (χ2n) is 12.9. The summed E-state index contributed by atoms with van der Waals surface area (Å²) in [7, 11) is 0. The van der Waals surface area contributed by atoms with Crippen LogP contribution in [-0.4, -0.2) is 34.6 Å². The van der Waals surface area contributed by atoms with Crippen molar-refractivity contribution in [2.24, 2.45) is 29.6 Å². The number of amides is 3. The van der Waals surface area contributed by atoms with Crippen LogP contribution in [0, 0.1) is 36.5 Å². The number of carbonyl (C=O) groups is 3. The number of rotatable bonds is 6. The molecule has 2 N–H and O–H groups in total. The highest BCUT2D eigenvalue weighted by Crippen LogP contribution is 2.69. The van der Waals surface area contributed by atoms with Gasteiger partial charge in [-0.3, -0.25) is 19.2 Å². The van der Waals surface area contributed by atoms with E-state index in [0.717, 1.165) is 37.2 Å². The molecule has 2 bridgehead atoms. The lowest BCUT2D eigenvalue weighted by molar-refractivity contribution is -0.137. The quantitative estimate of drug-likeness (QED) is 0.201. The molecule has 2 aliphatic carbocycles. The lowest BCUT2D eigenvalue weighted by Crippen LogP contribution is -2.42. The van der Waals surface area contributed by atoms with Crippen LogP contribution in [0.4, 0.5) is 24.5 Å². The highest BCUT2D eigenvalue weighted by Gasteiger charge is 2.70. The number of nitrogens with one attached hydrogen (secondary N) is 2. The summed E-state index contributed by atoms with van der Waals surface area (Å²) in [5.74, 6) is -4.01. The number of halogens is 4. The molecule has 0 radical (unpaired) electrons. The van der Waals surface area contributed by atoms with Crippen molar-refractivity contribution < 1.29 is 32.3 Å². The number of thiazole rings is 1. The standard InChI is InChI=1S/C35H27BrF3N3O5S2/c1-15-6-9-17(10-7-15)40-24(43)14-47-23-11-8-16(36)12-18(23)25-26-19-13-20(29(26)48-31-30(25)49-34(46)41-31)28-27(19)32(44)42(33(28)45)22-5-3-2-4-21(22)35(37,38)39/h2-12,19-20,25-29H,13-14H2,1H3,(H,40,43)(H,41,46)/t19-,20-,25-,26?,27?,28?,29?/m1/s1. The van der Waals surface area contributed by atoms with Crippen molar-refractivity contribution in [2.45, 2.75) is 35.7 Å². The third-order valence-corrected chi connectivity index (χ3v) is 13.3. The number of thioether (sulfide) groups is 1. The average Bonchev–Trinajstić information content (AvgIpc) is 3.80. The number of para-hydroxylation sites is 1. The molecule has 2 saturated carbocycles. The Kier molecular flexibility index (Phi) is 7.83. The number of aryl methyl sites for hydroxylation is 1. The van der Waals surface area contributed by atoms with E-state index in [1.165, 1.54) is 30.0 Å². The maximum absolute atomic E-state index is 14.1. The molecule has 2 aliphatic heterocycles. The monoisotopic (exact) mass is 769 g/mol. The highest BCUT2D eigenvalue weighted by atomic mass is 79.9. The van der Waals surface area contributed by atoms with Crippen LogP contribution in [0.5, 0.6) is 5.75 Å². The van der Waals surface area contributed by atoms with Gasteiger partial charge in [-0.05, 0) is 73.6 Å². The first-order valence-corrected chi connectivity index (χ1v) is 18.1. The first-order valence-electron chi connectivity index (χ1n) is 15.6. The lowest BCUT2D eigenvalue weighted by atomic mass is 9.68. The minimum absolute atomic E-state index is 0.194. The van der Waals surface area contributed by atoms with Gasteiger partial charge in [-0.15, -0.1) is 11.8 Å². The van der Waals surface area contributed by atoms with Gasteiger partial charge in [0.2, 0.25) is 11.8 Å². The Bertz CT molecular complexity index is 2080. The van der Waals surface area contributed by atoms with Gasteiger partial charge in [0, 0.05) is 31.8 Å². The second-order valence-corrected chi connectivity index (χ2v) is 16.0. The molecule has 4 unspecified atom stereocenters. The van der Waals surface area contributed by atoms with Crippen molar-refractivity contribution >= 4 is 68.1 Å². The van der Waals surface area contributed by atoms with Crippen molar-refractivity contribution in [1.29, 1.82) is 0 Å². The van der Waals surface area contributed by atoms with E-state index in [1.807, 2.05) is 25.1 Å². The van der Waals surface area contributed by atoms with Crippen LogP contribution in [0.15, 0.2) is 81.0 Å². The van der Waals surface area contributed by atoms with Gasteiger partial charge in [0.1, 0.15) is 5.75 Å². The number of hydrogen-bond donors (Lipinski definition) is 2. The van der Waals surface area contributed by atoms with Crippen LogP contribution in [-0.2, 0) is 20.6 Å². The van der Waals surface area contributed by atoms with Crippen LogP contribution in [0.2, 0.25) is 0 Å². The van der Waals surface area contributed by atoms with E-state index in [-0.39, 0.29) is 40.4 Å². The van der Waals surface area contributed by atoms with E-state index in [9.17, 15) is 32.3 Å². The second kappa shape index (κ2) is 11.9. The number of benzene rings is 3. The number of imide groups is 1. The number of H-pyrrole nitrogens is 1. The van der Waals surface area contributed by atoms with E-state index >= 15 is 0 Å². The van der Waals surface area contributed by atoms with E-state index in [0.29, 0.717) is 28.4 Å². The highest BCUT2D eigenvalue weighted by molar-refractivity contribution is 9.10. The fraction of sp³-hybridized carbons (Fsp3) is 0.314. The van der Waals surface area contributed by atoms with E-state index in [1.54, 1.807) is 24.3 Å². The van der Waals surface area contributed by atoms with Gasteiger partial charge < -0.3 is 15.0 Å². The average molecular weight is 771 g/mol. The SMILES string of the molecule is Cc1ccc(NC(=O)COc2ccc(Br)cc2[C@H]2c3sc(=O)[nH]c3SC3C2[C@H]2C[C@@H]3C3C(=O)N(c4ccccc4C(F)(F)F)C(=O)C32)cc1. The number of carbonyl (C=O) groups excluding carboxylic acids is 3. The van der Waals surface area contributed by atoms with Gasteiger partial charge in [0.05, 0.1) is 28.1 Å². The van der Waals surface area contributed by atoms with E-state index in [2.05, 4.69) is 26.2 Å². The molecule has 8 nitrogen and oxygen atoms in total. The van der Waals surface area contributed by atoms with Gasteiger partial charge in [0.15, 0.2) is 6.61 Å². The Hall–Kier alpha value is -3.88. The van der Waals surface area contributed by atoms with Crippen molar-refractivity contribution in [1.82, 2.24) is 4.98 Å². The molecule has 49 heavy (non-hydrogen) atoms. The number of nitrogens with zero attached hydrogens (tertiary/aromatic N) is 1. The molecule has 3 heterocycles. The van der Waals surface area contributed by atoms with Gasteiger partial charge in [-0.25, -0.2) is 4.90 Å². The summed E-state index contributed by atoms with van der Waals surface area (Å²) < 4.78 is 49.0. The smallest absolute Gasteiger partial charge is 0.418 e. The first kappa shape index (κ1) is 32.3. The summed E-state index contributed by atoms with van der Waals surface area (Å²) in [5, 5.41) is 3.30. The summed E-state index contributed by atoms with van der Waals surface area (Å²) in [5.41, 5.74) is 0.920. The Labute approximate surface area is 294 Å². The predicted octanol–water partition coefficient (Wildman–Crippen LogP) is 7.22. The van der Waals surface area contributed by atoms with Crippen molar-refractivity contribution in [3.05, 3.63) is 102 Å². The van der Waals surface area contributed by atoms with Crippen molar-refractivity contribution in [2.75, 3.05) is 16.8 Å². The number of aromatic amines is 1.